The molecule has 1 saturated heterocycles. The van der Waals surface area contributed by atoms with Gasteiger partial charge in [0.05, 0.1) is 12.1 Å². The fourth-order valence-electron chi connectivity index (χ4n) is 3.26. The second-order valence-corrected chi connectivity index (χ2v) is 8.97. The van der Waals surface area contributed by atoms with Gasteiger partial charge in [0.25, 0.3) is 15.9 Å². The first-order chi connectivity index (χ1) is 13.1. The van der Waals surface area contributed by atoms with Crippen LogP contribution in [0.2, 0.25) is 5.15 Å². The predicted molar refractivity (Wildman–Crippen MR) is 103 cm³/mol. The van der Waals surface area contributed by atoms with Gasteiger partial charge >= 0.3 is 0 Å². The number of halogens is 1. The van der Waals surface area contributed by atoms with Gasteiger partial charge in [-0.1, -0.05) is 41.9 Å². The molecule has 0 bridgehead atoms. The highest BCUT2D eigenvalue weighted by Gasteiger charge is 2.50. The first-order valence-corrected chi connectivity index (χ1v) is 10.5. The SMILES string of the molecule is Cc1nn(C)c(Cl)c1S(=O)(=O)NC(=O)C1(C)CCN1C(=O)Cc1ccccc1. The highest BCUT2D eigenvalue weighted by Crippen LogP contribution is 2.32. The standard InChI is InChI=1S/C18H21ClN4O4S/c1-12-15(16(19)22(3)20-12)28(26,27)21-17(25)18(2)9-10-23(18)14(24)11-13-7-5-4-6-8-13/h4-8H,9-11H2,1-3H3,(H,21,25). The number of aromatic nitrogens is 2. The van der Waals surface area contributed by atoms with Crippen molar-refractivity contribution in [2.45, 2.75) is 37.1 Å². The largest absolute Gasteiger partial charge is 0.328 e. The number of benzene rings is 1. The molecule has 2 amide bonds. The molecule has 0 radical (unpaired) electrons. The van der Waals surface area contributed by atoms with Crippen LogP contribution in [0.5, 0.6) is 0 Å². The summed E-state index contributed by atoms with van der Waals surface area (Å²) in [5.41, 5.74) is -0.224. The fraction of sp³-hybridized carbons (Fsp3) is 0.389. The Labute approximate surface area is 168 Å². The monoisotopic (exact) mass is 424 g/mol. The maximum Gasteiger partial charge on any atom is 0.269 e. The van der Waals surface area contributed by atoms with Gasteiger partial charge in [-0.15, -0.1) is 0 Å². The van der Waals surface area contributed by atoms with E-state index in [1.54, 1.807) is 6.92 Å². The normalized spacial score (nSPS) is 19.2. The number of amides is 2. The molecule has 1 atom stereocenters. The lowest BCUT2D eigenvalue weighted by molar-refractivity contribution is -0.156. The zero-order valence-electron chi connectivity index (χ0n) is 15.8. The van der Waals surface area contributed by atoms with Crippen molar-refractivity contribution in [3.8, 4) is 0 Å². The van der Waals surface area contributed by atoms with Crippen molar-refractivity contribution in [1.29, 1.82) is 0 Å². The number of likely N-dealkylation sites (tertiary alicyclic amines) is 1. The van der Waals surface area contributed by atoms with Gasteiger partial charge in [0.1, 0.15) is 15.6 Å². The molecule has 150 valence electrons. The average molecular weight is 425 g/mol. The number of nitrogens with zero attached hydrogens (tertiary/aromatic N) is 3. The highest BCUT2D eigenvalue weighted by atomic mass is 35.5. The molecule has 0 aliphatic carbocycles. The van der Waals surface area contributed by atoms with Gasteiger partial charge in [-0.3, -0.25) is 14.3 Å². The van der Waals surface area contributed by atoms with Gasteiger partial charge in [0.15, 0.2) is 0 Å². The van der Waals surface area contributed by atoms with Crippen LogP contribution in [0.1, 0.15) is 24.6 Å². The quantitative estimate of drug-likeness (QED) is 0.782. The average Bonchev–Trinajstić information content (AvgIpc) is 2.86. The van der Waals surface area contributed by atoms with E-state index in [0.717, 1.165) is 5.56 Å². The molecule has 0 saturated carbocycles. The predicted octanol–water partition coefficient (Wildman–Crippen LogP) is 1.42. The number of carbonyl (C=O) groups excluding carboxylic acids is 2. The number of nitrogens with one attached hydrogen (secondary N) is 1. The minimum atomic E-state index is -4.22. The number of hydrogen-bond donors (Lipinski definition) is 1. The molecule has 10 heteroatoms. The second-order valence-electron chi connectivity index (χ2n) is 7.00. The first-order valence-electron chi connectivity index (χ1n) is 8.67. The molecule has 0 spiro atoms. The summed E-state index contributed by atoms with van der Waals surface area (Å²) in [5, 5.41) is 3.87. The summed E-state index contributed by atoms with van der Waals surface area (Å²) < 4.78 is 28.6. The number of hydrogen-bond acceptors (Lipinski definition) is 5. The Kier molecular flexibility index (Phi) is 5.24. The van der Waals surface area contributed by atoms with Gasteiger partial charge in [-0.25, -0.2) is 13.1 Å². The Bertz CT molecular complexity index is 1040. The van der Waals surface area contributed by atoms with Gasteiger partial charge < -0.3 is 4.90 Å². The Morgan fingerprint density at radius 3 is 2.43 bits per heavy atom. The van der Waals surface area contributed by atoms with Crippen molar-refractivity contribution in [3.05, 3.63) is 46.7 Å². The molecule has 1 aromatic heterocycles. The third kappa shape index (κ3) is 3.51. The Balaban J connectivity index is 1.77. The van der Waals surface area contributed by atoms with E-state index in [1.165, 1.54) is 23.6 Å². The van der Waals surface area contributed by atoms with Gasteiger partial charge in [0, 0.05) is 13.6 Å². The van der Waals surface area contributed by atoms with Crippen LogP contribution < -0.4 is 4.72 Å². The van der Waals surface area contributed by atoms with Crippen molar-refractivity contribution in [1.82, 2.24) is 19.4 Å². The Hall–Kier alpha value is -2.39. The maximum atomic E-state index is 12.8. The third-order valence-corrected chi connectivity index (χ3v) is 7.03. The number of aryl methyl sites for hydroxylation is 2. The molecule has 3 rings (SSSR count). The van der Waals surface area contributed by atoms with Crippen LogP contribution in [-0.2, 0) is 33.1 Å². The van der Waals surface area contributed by atoms with Gasteiger partial charge in [-0.05, 0) is 25.8 Å². The summed E-state index contributed by atoms with van der Waals surface area (Å²) in [5.74, 6) is -0.998. The third-order valence-electron chi connectivity index (χ3n) is 5.00. The molecule has 1 unspecified atom stereocenters. The summed E-state index contributed by atoms with van der Waals surface area (Å²) in [6.45, 7) is 3.44. The lowest BCUT2D eigenvalue weighted by Crippen LogP contribution is -2.68. The zero-order valence-corrected chi connectivity index (χ0v) is 17.3. The molecule has 1 aliphatic rings. The molecule has 2 heterocycles. The van der Waals surface area contributed by atoms with Crippen LogP contribution in [0, 0.1) is 6.92 Å². The van der Waals surface area contributed by atoms with E-state index in [-0.39, 0.29) is 28.1 Å². The van der Waals surface area contributed by atoms with E-state index in [2.05, 4.69) is 9.82 Å². The van der Waals surface area contributed by atoms with E-state index in [0.29, 0.717) is 13.0 Å². The van der Waals surface area contributed by atoms with E-state index < -0.39 is 21.5 Å². The molecular formula is C18H21ClN4O4S. The van der Waals surface area contributed by atoms with Crippen LogP contribution in [0.15, 0.2) is 35.2 Å². The summed E-state index contributed by atoms with van der Waals surface area (Å²) in [4.78, 5) is 26.6. The smallest absolute Gasteiger partial charge is 0.269 e. The van der Waals surface area contributed by atoms with E-state index >= 15 is 0 Å². The topological polar surface area (TPSA) is 101 Å². The minimum absolute atomic E-state index is 0.0893. The van der Waals surface area contributed by atoms with Crippen LogP contribution in [-0.4, -0.2) is 47.0 Å². The summed E-state index contributed by atoms with van der Waals surface area (Å²) in [6.07, 6.45) is 0.513. The molecule has 1 aromatic carbocycles. The molecule has 1 aliphatic heterocycles. The number of sulfonamides is 1. The van der Waals surface area contributed by atoms with Crippen molar-refractivity contribution >= 4 is 33.4 Å². The molecule has 28 heavy (non-hydrogen) atoms. The Morgan fingerprint density at radius 2 is 1.93 bits per heavy atom. The minimum Gasteiger partial charge on any atom is -0.328 e. The molecule has 1 fully saturated rings. The van der Waals surface area contributed by atoms with Crippen LogP contribution in [0.3, 0.4) is 0 Å². The molecular weight excluding hydrogens is 404 g/mol. The fourth-order valence-corrected chi connectivity index (χ4v) is 5.09. The van der Waals surface area contributed by atoms with E-state index in [4.69, 9.17) is 11.6 Å². The van der Waals surface area contributed by atoms with Crippen LogP contribution in [0.25, 0.3) is 0 Å². The van der Waals surface area contributed by atoms with Crippen LogP contribution in [0.4, 0.5) is 0 Å². The van der Waals surface area contributed by atoms with Crippen molar-refractivity contribution in [2.75, 3.05) is 6.54 Å². The number of rotatable bonds is 5. The first kappa shape index (κ1) is 20.3. The van der Waals surface area contributed by atoms with E-state index in [1.807, 2.05) is 30.3 Å². The lowest BCUT2D eigenvalue weighted by atomic mass is 9.85. The molecule has 8 nitrogen and oxygen atoms in total. The second kappa shape index (κ2) is 7.21. The van der Waals surface area contributed by atoms with Gasteiger partial charge in [0.2, 0.25) is 5.91 Å². The van der Waals surface area contributed by atoms with Crippen molar-refractivity contribution < 1.29 is 18.0 Å². The molecule has 2 aromatic rings. The maximum absolute atomic E-state index is 12.8. The van der Waals surface area contributed by atoms with Crippen LogP contribution >= 0.6 is 11.6 Å². The van der Waals surface area contributed by atoms with Gasteiger partial charge in [-0.2, -0.15) is 5.10 Å². The summed E-state index contributed by atoms with van der Waals surface area (Å²) in [7, 11) is -2.71. The van der Waals surface area contributed by atoms with Crippen molar-refractivity contribution in [3.63, 3.8) is 0 Å². The van der Waals surface area contributed by atoms with E-state index in [9.17, 15) is 18.0 Å². The zero-order chi connectivity index (χ0) is 20.7. The Morgan fingerprint density at radius 1 is 1.29 bits per heavy atom. The summed E-state index contributed by atoms with van der Waals surface area (Å²) in [6, 6.07) is 9.17. The highest BCUT2D eigenvalue weighted by molar-refractivity contribution is 7.90. The number of carbonyl (C=O) groups is 2. The molecule has 1 N–H and O–H groups in total. The lowest BCUT2D eigenvalue weighted by Gasteiger charge is -2.49. The summed E-state index contributed by atoms with van der Waals surface area (Å²) >= 11 is 6.02. The van der Waals surface area contributed by atoms with Crippen molar-refractivity contribution in [2.24, 2.45) is 7.05 Å².